The molecule has 6 heteroatoms. The van der Waals surface area contributed by atoms with Crippen molar-refractivity contribution < 1.29 is 9.53 Å². The summed E-state index contributed by atoms with van der Waals surface area (Å²) in [6, 6.07) is 13.0. The van der Waals surface area contributed by atoms with Gasteiger partial charge in [-0.2, -0.15) is 0 Å². The third kappa shape index (κ3) is 3.90. The van der Waals surface area contributed by atoms with Crippen molar-refractivity contribution >= 4 is 11.6 Å². The van der Waals surface area contributed by atoms with Crippen molar-refractivity contribution in [2.75, 3.05) is 31.6 Å². The Morgan fingerprint density at radius 1 is 1.15 bits per heavy atom. The van der Waals surface area contributed by atoms with Crippen LogP contribution in [-0.4, -0.2) is 41.6 Å². The second kappa shape index (κ2) is 7.56. The third-order valence-corrected chi connectivity index (χ3v) is 5.37. The quantitative estimate of drug-likeness (QED) is 0.881. The van der Waals surface area contributed by atoms with Crippen LogP contribution in [-0.2, 0) is 11.3 Å². The van der Waals surface area contributed by atoms with Gasteiger partial charge in [0.25, 0.3) is 5.56 Å². The van der Waals surface area contributed by atoms with Crippen molar-refractivity contribution in [1.82, 2.24) is 9.47 Å². The summed E-state index contributed by atoms with van der Waals surface area (Å²) < 4.78 is 7.33. The van der Waals surface area contributed by atoms with E-state index in [1.165, 1.54) is 0 Å². The zero-order chi connectivity index (χ0) is 18.8. The molecule has 0 spiro atoms. The van der Waals surface area contributed by atoms with Crippen molar-refractivity contribution in [2.45, 2.75) is 25.8 Å². The Morgan fingerprint density at radius 3 is 2.74 bits per heavy atom. The maximum atomic E-state index is 12.5. The molecule has 2 atom stereocenters. The Morgan fingerprint density at radius 2 is 1.96 bits per heavy atom. The molecule has 0 unspecified atom stereocenters. The van der Waals surface area contributed by atoms with E-state index in [-0.39, 0.29) is 11.5 Å². The number of nitrogens with one attached hydrogen (secondary N) is 1. The highest BCUT2D eigenvalue weighted by Crippen LogP contribution is 2.34. The van der Waals surface area contributed by atoms with Gasteiger partial charge in [-0.15, -0.1) is 0 Å². The summed E-state index contributed by atoms with van der Waals surface area (Å²) in [5, 5.41) is 2.96. The highest BCUT2D eigenvalue weighted by atomic mass is 16.5. The Bertz CT molecular complexity index is 875. The first-order valence-electron chi connectivity index (χ1n) is 9.57. The molecule has 3 heterocycles. The van der Waals surface area contributed by atoms with Crippen molar-refractivity contribution in [3.63, 3.8) is 0 Å². The number of rotatable bonds is 5. The van der Waals surface area contributed by atoms with E-state index >= 15 is 0 Å². The van der Waals surface area contributed by atoms with E-state index in [2.05, 4.69) is 10.2 Å². The Labute approximate surface area is 158 Å². The number of hydrogen-bond donors (Lipinski definition) is 1. The number of hydrogen-bond acceptors (Lipinski definition) is 4. The first kappa shape index (κ1) is 17.8. The number of ether oxygens (including phenoxy) is 1. The molecule has 6 nitrogen and oxygen atoms in total. The van der Waals surface area contributed by atoms with E-state index in [1.54, 1.807) is 6.07 Å². The maximum absolute atomic E-state index is 12.5. The summed E-state index contributed by atoms with van der Waals surface area (Å²) >= 11 is 0. The summed E-state index contributed by atoms with van der Waals surface area (Å²) in [5.74, 6) is 1.54. The van der Waals surface area contributed by atoms with Crippen molar-refractivity contribution in [3.05, 3.63) is 58.5 Å². The number of benzene rings is 1. The highest BCUT2D eigenvalue weighted by molar-refractivity contribution is 5.92. The van der Waals surface area contributed by atoms with Gasteiger partial charge in [-0.25, -0.2) is 0 Å². The van der Waals surface area contributed by atoms with E-state index in [4.69, 9.17) is 4.74 Å². The molecule has 0 saturated carbocycles. The molecule has 27 heavy (non-hydrogen) atoms. The monoisotopic (exact) mass is 367 g/mol. The molecule has 2 aromatic rings. The number of likely N-dealkylation sites (tertiary alicyclic amines) is 1. The van der Waals surface area contributed by atoms with Crippen LogP contribution in [0.4, 0.5) is 5.69 Å². The van der Waals surface area contributed by atoms with Crippen molar-refractivity contribution in [2.24, 2.45) is 5.92 Å². The molecular weight excluding hydrogens is 342 g/mol. The number of aromatic nitrogens is 1. The molecule has 1 N–H and O–H groups in total. The summed E-state index contributed by atoms with van der Waals surface area (Å²) in [7, 11) is 0. The van der Waals surface area contributed by atoms with Crippen molar-refractivity contribution in [3.8, 4) is 5.75 Å². The minimum absolute atomic E-state index is 0.00964. The highest BCUT2D eigenvalue weighted by Gasteiger charge is 2.34. The van der Waals surface area contributed by atoms with E-state index in [0.29, 0.717) is 25.0 Å². The number of carbonyl (C=O) groups is 1. The minimum atomic E-state index is -0.00964. The second-order valence-electron chi connectivity index (χ2n) is 7.40. The normalized spacial score (nSPS) is 21.4. The van der Waals surface area contributed by atoms with E-state index in [0.717, 1.165) is 43.2 Å². The molecular formula is C21H25N3O3. The average Bonchev–Trinajstić information content (AvgIpc) is 2.64. The molecule has 2 aliphatic heterocycles. The lowest BCUT2D eigenvalue weighted by atomic mass is 9.83. The lowest BCUT2D eigenvalue weighted by Gasteiger charge is -2.42. The SMILES string of the molecule is CCOc1ccc(NC(=O)CN2C[C@@H]3C[C@@H](C2)c2cccc(=O)n2C3)cc1. The molecule has 2 bridgehead atoms. The van der Waals surface area contributed by atoms with Crippen LogP contribution in [0.3, 0.4) is 0 Å². The summed E-state index contributed by atoms with van der Waals surface area (Å²) in [5.41, 5.74) is 1.97. The average molecular weight is 367 g/mol. The number of pyridine rings is 1. The number of piperidine rings is 1. The smallest absolute Gasteiger partial charge is 0.250 e. The minimum Gasteiger partial charge on any atom is -0.494 e. The van der Waals surface area contributed by atoms with Crippen LogP contribution < -0.4 is 15.6 Å². The standard InChI is InChI=1S/C21H25N3O3/c1-2-27-18-8-6-17(7-9-18)22-20(25)14-23-11-15-10-16(13-23)19-4-3-5-21(26)24(19)12-15/h3-9,15-16H,2,10-14H2,1H3,(H,22,25)/t15-,16-/m0/s1. The van der Waals surface area contributed by atoms with E-state index in [9.17, 15) is 9.59 Å². The van der Waals surface area contributed by atoms with E-state index in [1.807, 2.05) is 47.9 Å². The van der Waals surface area contributed by atoms with Gasteiger partial charge in [0.05, 0.1) is 13.2 Å². The molecule has 2 aliphatic rings. The molecule has 0 radical (unpaired) electrons. The van der Waals surface area contributed by atoms with Crippen LogP contribution in [0, 0.1) is 5.92 Å². The zero-order valence-electron chi connectivity index (χ0n) is 15.6. The fourth-order valence-corrected chi connectivity index (χ4v) is 4.33. The zero-order valence-corrected chi connectivity index (χ0v) is 15.6. The van der Waals surface area contributed by atoms with Crippen LogP contribution in [0.25, 0.3) is 0 Å². The van der Waals surface area contributed by atoms with Crippen molar-refractivity contribution in [1.29, 1.82) is 0 Å². The Balaban J connectivity index is 1.38. The Kier molecular flexibility index (Phi) is 4.99. The molecule has 1 fully saturated rings. The predicted octanol–water partition coefficient (Wildman–Crippen LogP) is 2.30. The topological polar surface area (TPSA) is 63.6 Å². The molecule has 142 valence electrons. The van der Waals surface area contributed by atoms with Gasteiger partial charge < -0.3 is 14.6 Å². The molecule has 1 aromatic heterocycles. The predicted molar refractivity (Wildman–Crippen MR) is 104 cm³/mol. The summed E-state index contributed by atoms with van der Waals surface area (Å²) in [6.45, 7) is 5.36. The van der Waals surface area contributed by atoms with Gasteiger partial charge in [0.1, 0.15) is 5.75 Å². The number of amides is 1. The number of fused-ring (bicyclic) bond motifs is 4. The number of anilines is 1. The van der Waals surface area contributed by atoms with Gasteiger partial charge in [-0.1, -0.05) is 6.07 Å². The van der Waals surface area contributed by atoms with Gasteiger partial charge in [-0.05, 0) is 49.6 Å². The molecule has 0 aliphatic carbocycles. The number of carbonyl (C=O) groups excluding carboxylic acids is 1. The molecule has 1 amide bonds. The van der Waals surface area contributed by atoms with Crippen LogP contribution in [0.5, 0.6) is 5.75 Å². The molecule has 1 saturated heterocycles. The first-order chi connectivity index (χ1) is 13.1. The Hall–Kier alpha value is -2.60. The fourth-order valence-electron chi connectivity index (χ4n) is 4.33. The summed E-state index contributed by atoms with van der Waals surface area (Å²) in [6.07, 6.45) is 1.10. The number of nitrogens with zero attached hydrogens (tertiary/aromatic N) is 2. The van der Waals surface area contributed by atoms with Gasteiger partial charge in [0.15, 0.2) is 0 Å². The van der Waals surface area contributed by atoms with Gasteiger partial charge >= 0.3 is 0 Å². The largest absolute Gasteiger partial charge is 0.494 e. The lowest BCUT2D eigenvalue weighted by molar-refractivity contribution is -0.117. The third-order valence-electron chi connectivity index (χ3n) is 5.37. The van der Waals surface area contributed by atoms with E-state index < -0.39 is 0 Å². The van der Waals surface area contributed by atoms with Gasteiger partial charge in [-0.3, -0.25) is 14.5 Å². The van der Waals surface area contributed by atoms with Crippen LogP contribution >= 0.6 is 0 Å². The lowest BCUT2D eigenvalue weighted by Crippen LogP contribution is -2.49. The van der Waals surface area contributed by atoms with Crippen LogP contribution in [0.2, 0.25) is 0 Å². The molecule has 4 rings (SSSR count). The maximum Gasteiger partial charge on any atom is 0.250 e. The first-order valence-corrected chi connectivity index (χ1v) is 9.57. The van der Waals surface area contributed by atoms with Crippen LogP contribution in [0.15, 0.2) is 47.3 Å². The molecule has 1 aromatic carbocycles. The second-order valence-corrected chi connectivity index (χ2v) is 7.40. The van der Waals surface area contributed by atoms with Crippen LogP contribution in [0.1, 0.15) is 25.0 Å². The van der Waals surface area contributed by atoms with Gasteiger partial charge in [0, 0.05) is 43.0 Å². The fraction of sp³-hybridized carbons (Fsp3) is 0.429. The summed E-state index contributed by atoms with van der Waals surface area (Å²) in [4.78, 5) is 26.8. The van der Waals surface area contributed by atoms with Gasteiger partial charge in [0.2, 0.25) is 5.91 Å².